The number of carbonyl (C=O) groups excluding carboxylic acids is 6. The van der Waals surface area contributed by atoms with Crippen LogP contribution in [0.1, 0.15) is 176 Å². The van der Waals surface area contributed by atoms with E-state index in [1.807, 2.05) is 81.1 Å². The van der Waals surface area contributed by atoms with Gasteiger partial charge < -0.3 is 97.3 Å². The number of amides is 1. The predicted octanol–water partition coefficient (Wildman–Crippen LogP) is 10.3. The summed E-state index contributed by atoms with van der Waals surface area (Å²) in [7, 11) is 4.65. The molecule has 1 saturated carbocycles. The number of Topliss-reactive ketones (excluding diaryl/α,β-unsaturated/α-hetero) is 4. The van der Waals surface area contributed by atoms with Crippen molar-refractivity contribution in [3.63, 3.8) is 0 Å². The quantitative estimate of drug-likeness (QED) is 0.0122. The lowest BCUT2D eigenvalue weighted by Gasteiger charge is -2.42. The van der Waals surface area contributed by atoms with Crippen LogP contribution in [-0.4, -0.2) is 285 Å². The molecular formula is C93H141N11O23. The number of unbranched alkanes of at least 4 members (excludes halogenated alkanes) is 3. The lowest BCUT2D eigenvalue weighted by Crippen LogP contribution is -2.61. The van der Waals surface area contributed by atoms with Crippen molar-refractivity contribution in [2.75, 3.05) is 152 Å². The van der Waals surface area contributed by atoms with Crippen molar-refractivity contribution in [2.24, 2.45) is 35.5 Å². The summed E-state index contributed by atoms with van der Waals surface area (Å²) in [5, 5.41) is 38.0. The summed E-state index contributed by atoms with van der Waals surface area (Å²) in [5.41, 5.74) is 17.4. The highest BCUT2D eigenvalue weighted by atomic mass is 16.6. The van der Waals surface area contributed by atoms with E-state index >= 15 is 0 Å². The molecule has 7 heterocycles. The van der Waals surface area contributed by atoms with Crippen LogP contribution in [0.15, 0.2) is 82.7 Å². The maximum atomic E-state index is 14.8. The summed E-state index contributed by atoms with van der Waals surface area (Å²) in [6, 6.07) is 4.44. The average molecular weight is 1780 g/mol. The van der Waals surface area contributed by atoms with E-state index in [1.54, 1.807) is 51.8 Å². The molecule has 5 aromatic rings. The summed E-state index contributed by atoms with van der Waals surface area (Å²) in [6.07, 6.45) is 20.8. The number of aromatic nitrogens is 8. The highest BCUT2D eigenvalue weighted by Crippen LogP contribution is 2.40. The van der Waals surface area contributed by atoms with Crippen LogP contribution < -0.4 is 11.5 Å². The second-order valence-electron chi connectivity index (χ2n) is 34.1. The molecule has 9 rings (SSSR count). The largest absolute Gasteiger partial charge is 0.460 e. The smallest absolute Gasteiger partial charge is 0.329 e. The summed E-state index contributed by atoms with van der Waals surface area (Å²) >= 11 is 0. The van der Waals surface area contributed by atoms with Gasteiger partial charge in [0.05, 0.1) is 148 Å². The van der Waals surface area contributed by atoms with Crippen molar-refractivity contribution in [1.29, 1.82) is 0 Å². The maximum Gasteiger partial charge on any atom is 0.329 e. The number of esters is 1. The molecule has 3 fully saturated rings. The summed E-state index contributed by atoms with van der Waals surface area (Å²) in [5.74, 6) is -7.68. The first kappa shape index (κ1) is 103. The van der Waals surface area contributed by atoms with Gasteiger partial charge in [0, 0.05) is 96.2 Å². The molecule has 4 aliphatic rings. The van der Waals surface area contributed by atoms with E-state index in [-0.39, 0.29) is 72.7 Å². The summed E-state index contributed by atoms with van der Waals surface area (Å²) in [4.78, 5) is 98.9. The van der Waals surface area contributed by atoms with Crippen molar-refractivity contribution < 1.29 is 110 Å². The number of fused-ring (bicyclic) bond motifs is 5. The first-order valence-corrected chi connectivity index (χ1v) is 45.7. The molecule has 127 heavy (non-hydrogen) atoms. The molecule has 0 radical (unpaired) electrons. The molecule has 0 spiro atoms. The number of aryl methyl sites for hydroxylation is 2. The van der Waals surface area contributed by atoms with Crippen LogP contribution in [0.25, 0.3) is 33.4 Å². The highest BCUT2D eigenvalue weighted by Gasteiger charge is 2.53. The molecule has 2 bridgehead atoms. The number of aliphatic hydroxyl groups is 2. The van der Waals surface area contributed by atoms with E-state index in [4.69, 9.17) is 87.3 Å². The van der Waals surface area contributed by atoms with Crippen LogP contribution in [0.4, 0.5) is 11.8 Å². The van der Waals surface area contributed by atoms with Gasteiger partial charge >= 0.3 is 5.97 Å². The van der Waals surface area contributed by atoms with Gasteiger partial charge in [-0.15, -0.1) is 5.10 Å². The number of methoxy groups -OCH3 is 3. The van der Waals surface area contributed by atoms with E-state index in [2.05, 4.69) is 25.3 Å². The zero-order valence-electron chi connectivity index (χ0n) is 76.4. The van der Waals surface area contributed by atoms with Gasteiger partial charge in [-0.2, -0.15) is 10.1 Å². The Bertz CT molecular complexity index is 4320. The number of ether oxygens (including phenoxy) is 14. The average Bonchev–Trinajstić information content (AvgIpc) is 1.54. The number of hydrogen-bond acceptors (Lipinski definition) is 31. The van der Waals surface area contributed by atoms with Crippen molar-refractivity contribution in [1.82, 2.24) is 44.6 Å². The van der Waals surface area contributed by atoms with Crippen LogP contribution in [0.2, 0.25) is 0 Å². The highest BCUT2D eigenvalue weighted by molar-refractivity contribution is 6.39. The minimum absolute atomic E-state index is 0.00474. The van der Waals surface area contributed by atoms with E-state index in [9.17, 15) is 39.0 Å². The Hall–Kier alpha value is -8.04. The van der Waals surface area contributed by atoms with Gasteiger partial charge in [0.15, 0.2) is 17.0 Å². The summed E-state index contributed by atoms with van der Waals surface area (Å²) in [6.45, 7) is 21.3. The van der Waals surface area contributed by atoms with Crippen molar-refractivity contribution in [3.8, 4) is 11.3 Å². The molecule has 1 aliphatic carbocycles. The van der Waals surface area contributed by atoms with Crippen molar-refractivity contribution in [2.45, 2.75) is 245 Å². The number of cyclic esters (lactones) is 1. The van der Waals surface area contributed by atoms with Crippen molar-refractivity contribution >= 4 is 69.0 Å². The van der Waals surface area contributed by atoms with Gasteiger partial charge in [-0.25, -0.2) is 24.1 Å². The number of benzene rings is 1. The zero-order chi connectivity index (χ0) is 91.0. The number of ketones is 4. The minimum atomic E-state index is -2.46. The van der Waals surface area contributed by atoms with E-state index in [1.165, 1.54) is 18.3 Å². The van der Waals surface area contributed by atoms with Gasteiger partial charge in [-0.1, -0.05) is 82.7 Å². The molecule has 0 unspecified atom stereocenters. The molecule has 2 saturated heterocycles. The topological polar surface area (TPSA) is 428 Å². The van der Waals surface area contributed by atoms with E-state index in [0.29, 0.717) is 229 Å². The number of allylic oxidation sites excluding steroid dienone is 6. The fourth-order valence-corrected chi connectivity index (χ4v) is 16.8. The molecule has 15 atom stereocenters. The van der Waals surface area contributed by atoms with Gasteiger partial charge in [0.1, 0.15) is 59.3 Å². The second kappa shape index (κ2) is 54.6. The Kier molecular flexibility index (Phi) is 44.1. The Balaban J connectivity index is 0.586. The number of aliphatic hydroxyl groups excluding tert-OH is 1. The molecule has 34 nitrogen and oxygen atoms in total. The Morgan fingerprint density at radius 3 is 2.06 bits per heavy atom. The fourth-order valence-electron chi connectivity index (χ4n) is 16.8. The molecule has 34 heteroatoms. The second-order valence-corrected chi connectivity index (χ2v) is 34.1. The van der Waals surface area contributed by atoms with Crippen molar-refractivity contribution in [3.05, 3.63) is 84.0 Å². The maximum absolute atomic E-state index is 14.8. The lowest BCUT2D eigenvalue weighted by atomic mass is 9.78. The molecule has 6 N–H and O–H groups in total. The van der Waals surface area contributed by atoms with Crippen LogP contribution in [0.5, 0.6) is 0 Å². The number of rotatable bonds is 46. The van der Waals surface area contributed by atoms with Crippen LogP contribution in [0.3, 0.4) is 0 Å². The Morgan fingerprint density at radius 1 is 0.693 bits per heavy atom. The number of oxazole rings is 1. The third-order valence-electron chi connectivity index (χ3n) is 24.4. The minimum Gasteiger partial charge on any atom is -0.460 e. The standard InChI is InChI=1S/C93H141N11O23/c1-62-21-13-11-14-22-63(2)79(113-8)58-73-29-26-68(7)93(112,127-73)87(109)90(110)103-33-19-16-25-75(103)91(111)125-80(59-76(106)64(3)54-67(6)85(108)86(115-10)84(107)66(5)53-62)65(4)55-69-27-30-78(81(56-69)114-9)124-36-20-17-23-71-60-102(101-99-71)35-38-117-40-42-119-44-46-121-48-50-123-52-51-122-49-47-120-45-43-118-41-39-116-37-32-72(105)24-15-12-18-34-104-89-82(88(94)96-61-97-89)83(100-104)70-28-31-77-74(57-70)98-92(95)126-77/h11,13-14,21-22,28,31,54,57,60-62,64-66,68-69,73,75,78-81,85-86,108,112H,12,15-20,23-27,29-30,32-53,55-56,58-59H2,1-10H3,(H2,95,98)(H2,94,96,97)/b14-11+,21-13+,63-22+,67-54+/t62-,64-,65-,66-,68-,69+,73+,75+,78-,79+,80+,81-,85-,86+,93-/m1/s1. The van der Waals surface area contributed by atoms with Gasteiger partial charge in [0.2, 0.25) is 5.79 Å². The first-order chi connectivity index (χ1) is 61.4. The molecule has 1 amide bonds. The molecule has 706 valence electrons. The number of piperidine rings is 1. The number of nitrogens with zero attached hydrogens (tertiary/aromatic N) is 9. The van der Waals surface area contributed by atoms with Crippen LogP contribution in [0, 0.1) is 35.5 Å². The Labute approximate surface area is 746 Å². The van der Waals surface area contributed by atoms with Crippen LogP contribution in [-0.2, 0) is 115 Å². The molecule has 4 aromatic heterocycles. The molecule has 1 aromatic carbocycles. The fraction of sp³-hybridized carbons (Fsp3) is 0.699. The monoisotopic (exact) mass is 1780 g/mol. The number of nitrogen functional groups attached to an aromatic ring is 2. The number of hydrogen-bond donors (Lipinski definition) is 4. The number of carbonyl (C=O) groups is 6. The van der Waals surface area contributed by atoms with Gasteiger partial charge in [-0.3, -0.25) is 24.0 Å². The van der Waals surface area contributed by atoms with Crippen LogP contribution >= 0.6 is 0 Å². The first-order valence-electron chi connectivity index (χ1n) is 45.7. The predicted molar refractivity (Wildman–Crippen MR) is 474 cm³/mol. The zero-order valence-corrected chi connectivity index (χ0v) is 76.4. The third-order valence-corrected chi connectivity index (χ3v) is 24.4. The SMILES string of the molecule is CO[C@H]1C[C@@H]2CC[C@@H](C)[C@@](O)(O2)C(=O)C(=O)N2CCCC[C@H]2C(=O)O[C@H]([C@H](C)C[C@@H]2CC[C@@H](OCCCCc3cn(CCOCCOCCOCCOCCOCCOCCOCCOCCC(=O)CCCCCn4nc(-c5ccc6oc(N)nc6c5)c5c(N)ncnc54)nn3)[C@H](OC)C2)CC(=O)[C@H](C)/C=C(\C)[C@@H](O)[C@@H](OC)C(=O)[C@H](C)C[C@H](C)/C=C/C=C/C=C/1C. The Morgan fingerprint density at radius 2 is 1.38 bits per heavy atom. The van der Waals surface area contributed by atoms with Gasteiger partial charge in [-0.05, 0) is 157 Å². The third kappa shape index (κ3) is 32.5. The number of anilines is 2. The van der Waals surface area contributed by atoms with Gasteiger partial charge in [0.25, 0.3) is 17.7 Å². The van der Waals surface area contributed by atoms with E-state index < -0.39 is 77.8 Å². The summed E-state index contributed by atoms with van der Waals surface area (Å²) < 4.78 is 90.9. The number of nitrogens with two attached hydrogens (primary N) is 2. The van der Waals surface area contributed by atoms with E-state index in [0.717, 1.165) is 68.2 Å². The lowest BCUT2D eigenvalue weighted by molar-refractivity contribution is -0.265. The normalized spacial score (nSPS) is 26.6. The molecule has 3 aliphatic heterocycles. The molecular weight excluding hydrogens is 1640 g/mol.